The van der Waals surface area contributed by atoms with Crippen molar-refractivity contribution < 1.29 is 14.3 Å². The summed E-state index contributed by atoms with van der Waals surface area (Å²) in [5, 5.41) is 12.1. The smallest absolute Gasteiger partial charge is 0.266 e. The summed E-state index contributed by atoms with van der Waals surface area (Å²) in [4.78, 5) is 12.4. The number of rotatable bonds is 5. The van der Waals surface area contributed by atoms with Crippen molar-refractivity contribution in [3.63, 3.8) is 0 Å². The van der Waals surface area contributed by atoms with Crippen LogP contribution in [-0.4, -0.2) is 18.1 Å². The van der Waals surface area contributed by atoms with Gasteiger partial charge in [-0.1, -0.05) is 6.07 Å². The Morgan fingerprint density at radius 3 is 2.70 bits per heavy atom. The third-order valence-corrected chi connectivity index (χ3v) is 4.19. The average molecular weight is 362 g/mol. The molecule has 5 heteroatoms. The number of carbonyl (C=O) groups excluding carboxylic acids is 1. The zero-order valence-corrected chi connectivity index (χ0v) is 15.7. The van der Waals surface area contributed by atoms with Crippen LogP contribution in [0.3, 0.4) is 0 Å². The highest BCUT2D eigenvalue weighted by Crippen LogP contribution is 2.35. The monoisotopic (exact) mass is 362 g/mol. The summed E-state index contributed by atoms with van der Waals surface area (Å²) in [5.41, 5.74) is 2.30. The molecule has 1 aliphatic heterocycles. The molecule has 0 saturated heterocycles. The number of amides is 1. The SMILES string of the molecule is CCOc1ccc(NC(=O)/C(C#N)=C/c2ccc3c(c2)CC(C)(C)O3)cc1. The summed E-state index contributed by atoms with van der Waals surface area (Å²) in [6.45, 7) is 6.56. The first-order valence-electron chi connectivity index (χ1n) is 8.88. The molecule has 0 radical (unpaired) electrons. The molecule has 3 rings (SSSR count). The number of nitriles is 1. The van der Waals surface area contributed by atoms with Gasteiger partial charge in [0.1, 0.15) is 28.7 Å². The fraction of sp³-hybridized carbons (Fsp3) is 0.273. The summed E-state index contributed by atoms with van der Waals surface area (Å²) in [6.07, 6.45) is 2.39. The van der Waals surface area contributed by atoms with Crippen LogP contribution in [0.25, 0.3) is 6.08 Å². The van der Waals surface area contributed by atoms with Gasteiger partial charge in [-0.25, -0.2) is 0 Å². The van der Waals surface area contributed by atoms with E-state index in [0.29, 0.717) is 12.3 Å². The third-order valence-electron chi connectivity index (χ3n) is 4.19. The maximum atomic E-state index is 12.4. The van der Waals surface area contributed by atoms with E-state index in [4.69, 9.17) is 9.47 Å². The Balaban J connectivity index is 1.75. The number of ether oxygens (including phenoxy) is 2. The number of nitrogens with zero attached hydrogens (tertiary/aromatic N) is 1. The Hall–Kier alpha value is -3.26. The molecule has 0 aliphatic carbocycles. The van der Waals surface area contributed by atoms with Crippen molar-refractivity contribution in [3.05, 3.63) is 59.2 Å². The molecule has 0 unspecified atom stereocenters. The van der Waals surface area contributed by atoms with Gasteiger partial charge in [0.05, 0.1) is 6.61 Å². The Morgan fingerprint density at radius 2 is 2.04 bits per heavy atom. The molecule has 1 aliphatic rings. The van der Waals surface area contributed by atoms with Gasteiger partial charge in [-0.15, -0.1) is 0 Å². The van der Waals surface area contributed by atoms with E-state index in [1.807, 2.05) is 45.0 Å². The van der Waals surface area contributed by atoms with Crippen LogP contribution in [0, 0.1) is 11.3 Å². The maximum absolute atomic E-state index is 12.4. The first-order valence-corrected chi connectivity index (χ1v) is 8.88. The van der Waals surface area contributed by atoms with E-state index in [0.717, 1.165) is 29.0 Å². The van der Waals surface area contributed by atoms with Crippen LogP contribution in [0.1, 0.15) is 31.9 Å². The van der Waals surface area contributed by atoms with Crippen LogP contribution in [0.4, 0.5) is 5.69 Å². The molecule has 27 heavy (non-hydrogen) atoms. The molecular formula is C22H22N2O3. The van der Waals surface area contributed by atoms with Gasteiger partial charge in [-0.05, 0) is 74.4 Å². The number of hydrogen-bond acceptors (Lipinski definition) is 4. The molecule has 0 saturated carbocycles. The van der Waals surface area contributed by atoms with E-state index < -0.39 is 5.91 Å². The first kappa shape index (κ1) is 18.5. The first-order chi connectivity index (χ1) is 12.9. The predicted molar refractivity (Wildman–Crippen MR) is 105 cm³/mol. The molecule has 1 amide bonds. The Labute approximate surface area is 159 Å². The number of fused-ring (bicyclic) bond motifs is 1. The van der Waals surface area contributed by atoms with E-state index >= 15 is 0 Å². The van der Waals surface area contributed by atoms with E-state index in [2.05, 4.69) is 5.32 Å². The molecule has 1 heterocycles. The molecule has 5 nitrogen and oxygen atoms in total. The molecule has 2 aromatic carbocycles. The quantitative estimate of drug-likeness (QED) is 0.634. The van der Waals surface area contributed by atoms with Crippen LogP contribution in [0.5, 0.6) is 11.5 Å². The lowest BCUT2D eigenvalue weighted by molar-refractivity contribution is -0.112. The highest BCUT2D eigenvalue weighted by molar-refractivity contribution is 6.09. The van der Waals surface area contributed by atoms with Gasteiger partial charge in [0, 0.05) is 12.1 Å². The van der Waals surface area contributed by atoms with Crippen molar-refractivity contribution >= 4 is 17.7 Å². The Bertz CT molecular complexity index is 922. The Morgan fingerprint density at radius 1 is 1.30 bits per heavy atom. The fourth-order valence-corrected chi connectivity index (χ4v) is 3.03. The number of nitrogens with one attached hydrogen (secondary N) is 1. The summed E-state index contributed by atoms with van der Waals surface area (Å²) < 4.78 is 11.2. The molecule has 0 aromatic heterocycles. The lowest BCUT2D eigenvalue weighted by Crippen LogP contribution is -2.24. The molecule has 0 atom stereocenters. The molecular weight excluding hydrogens is 340 g/mol. The number of anilines is 1. The topological polar surface area (TPSA) is 71.3 Å². The summed E-state index contributed by atoms with van der Waals surface area (Å²) in [5.74, 6) is 1.14. The van der Waals surface area contributed by atoms with Crippen molar-refractivity contribution in [2.75, 3.05) is 11.9 Å². The molecule has 0 bridgehead atoms. The molecule has 0 fully saturated rings. The van der Waals surface area contributed by atoms with Crippen molar-refractivity contribution in [1.82, 2.24) is 0 Å². The second-order valence-electron chi connectivity index (χ2n) is 6.99. The van der Waals surface area contributed by atoms with Gasteiger partial charge in [0.25, 0.3) is 5.91 Å². The number of benzene rings is 2. The molecule has 0 spiro atoms. The van der Waals surface area contributed by atoms with E-state index in [1.54, 1.807) is 30.3 Å². The van der Waals surface area contributed by atoms with E-state index in [-0.39, 0.29) is 11.2 Å². The highest BCUT2D eigenvalue weighted by atomic mass is 16.5. The summed E-state index contributed by atoms with van der Waals surface area (Å²) >= 11 is 0. The lowest BCUT2D eigenvalue weighted by atomic mass is 9.99. The normalized spacial score (nSPS) is 14.7. The lowest BCUT2D eigenvalue weighted by Gasteiger charge is -2.16. The second kappa shape index (κ2) is 7.55. The minimum Gasteiger partial charge on any atom is -0.494 e. The zero-order valence-electron chi connectivity index (χ0n) is 15.7. The van der Waals surface area contributed by atoms with Gasteiger partial charge in [-0.2, -0.15) is 5.26 Å². The van der Waals surface area contributed by atoms with Crippen molar-refractivity contribution in [2.24, 2.45) is 0 Å². The average Bonchev–Trinajstić information content (AvgIpc) is 2.94. The Kier molecular flexibility index (Phi) is 5.18. The van der Waals surface area contributed by atoms with Crippen LogP contribution in [0.2, 0.25) is 0 Å². The highest BCUT2D eigenvalue weighted by Gasteiger charge is 2.29. The van der Waals surface area contributed by atoms with Crippen molar-refractivity contribution in [3.8, 4) is 17.6 Å². The molecule has 1 N–H and O–H groups in total. The van der Waals surface area contributed by atoms with E-state index in [9.17, 15) is 10.1 Å². The summed E-state index contributed by atoms with van der Waals surface area (Å²) in [7, 11) is 0. The largest absolute Gasteiger partial charge is 0.494 e. The number of hydrogen-bond donors (Lipinski definition) is 1. The van der Waals surface area contributed by atoms with E-state index in [1.165, 1.54) is 0 Å². The van der Waals surface area contributed by atoms with Gasteiger partial charge >= 0.3 is 0 Å². The van der Waals surface area contributed by atoms with Gasteiger partial charge in [0.15, 0.2) is 0 Å². The van der Waals surface area contributed by atoms with Gasteiger partial charge < -0.3 is 14.8 Å². The third kappa shape index (κ3) is 4.48. The van der Waals surface area contributed by atoms with Gasteiger partial charge in [0.2, 0.25) is 0 Å². The second-order valence-corrected chi connectivity index (χ2v) is 6.99. The van der Waals surface area contributed by atoms with Crippen molar-refractivity contribution in [2.45, 2.75) is 32.8 Å². The standard InChI is InChI=1S/C22H22N2O3/c1-4-26-19-8-6-18(7-9-19)24-21(25)17(14-23)12-15-5-10-20-16(11-15)13-22(2,3)27-20/h5-12H,4,13H2,1-3H3,(H,24,25)/b17-12+. The minimum absolute atomic E-state index is 0.0435. The fourth-order valence-electron chi connectivity index (χ4n) is 3.03. The maximum Gasteiger partial charge on any atom is 0.266 e. The summed E-state index contributed by atoms with van der Waals surface area (Å²) in [6, 6.07) is 14.7. The minimum atomic E-state index is -0.446. The molecule has 2 aromatic rings. The predicted octanol–water partition coefficient (Wildman–Crippen LogP) is 4.34. The van der Waals surface area contributed by atoms with Crippen LogP contribution < -0.4 is 14.8 Å². The van der Waals surface area contributed by atoms with Crippen LogP contribution >= 0.6 is 0 Å². The van der Waals surface area contributed by atoms with Gasteiger partial charge in [-0.3, -0.25) is 4.79 Å². The van der Waals surface area contributed by atoms with Crippen LogP contribution in [0.15, 0.2) is 48.0 Å². The van der Waals surface area contributed by atoms with Crippen LogP contribution in [-0.2, 0) is 11.2 Å². The van der Waals surface area contributed by atoms with Crippen molar-refractivity contribution in [1.29, 1.82) is 5.26 Å². The molecule has 138 valence electrons. The zero-order chi connectivity index (χ0) is 19.4. The number of carbonyl (C=O) groups is 1.